The van der Waals surface area contributed by atoms with Crippen molar-refractivity contribution in [2.24, 2.45) is 5.92 Å². The molecule has 0 aromatic rings. The van der Waals surface area contributed by atoms with Crippen molar-refractivity contribution in [2.45, 2.75) is 50.5 Å². The van der Waals surface area contributed by atoms with Gasteiger partial charge in [0.25, 0.3) is 0 Å². The van der Waals surface area contributed by atoms with Crippen molar-refractivity contribution in [3.8, 4) is 12.3 Å². The summed E-state index contributed by atoms with van der Waals surface area (Å²) in [5.41, 5.74) is -0.499. The molecule has 1 aliphatic carbocycles. The van der Waals surface area contributed by atoms with E-state index in [2.05, 4.69) is 5.92 Å². The van der Waals surface area contributed by atoms with Gasteiger partial charge < -0.3 is 10.0 Å². The number of aliphatic hydroxyl groups is 1. The first-order valence-corrected chi connectivity index (χ1v) is 6.59. The Morgan fingerprint density at radius 3 is 3.06 bits per heavy atom. The van der Waals surface area contributed by atoms with E-state index >= 15 is 0 Å². The highest BCUT2D eigenvalue weighted by Gasteiger charge is 2.43. The van der Waals surface area contributed by atoms with E-state index in [1.807, 2.05) is 4.90 Å². The number of piperidine rings is 1. The standard InChI is InChI=1S/C14H21NO2/c1-2-3-7-13(16)15-10-9-14(17)8-5-4-6-12(14)11-15/h1,12,17H,3-11H2. The van der Waals surface area contributed by atoms with Gasteiger partial charge in [-0.3, -0.25) is 4.79 Å². The Balaban J connectivity index is 1.93. The molecule has 2 fully saturated rings. The predicted octanol–water partition coefficient (Wildman–Crippen LogP) is 1.55. The number of amides is 1. The molecule has 1 amide bonds. The van der Waals surface area contributed by atoms with E-state index in [-0.39, 0.29) is 11.8 Å². The van der Waals surface area contributed by atoms with E-state index in [9.17, 15) is 9.90 Å². The van der Waals surface area contributed by atoms with Crippen molar-refractivity contribution >= 4 is 5.91 Å². The van der Waals surface area contributed by atoms with E-state index < -0.39 is 5.60 Å². The van der Waals surface area contributed by atoms with Crippen molar-refractivity contribution < 1.29 is 9.90 Å². The molecule has 1 saturated carbocycles. The summed E-state index contributed by atoms with van der Waals surface area (Å²) in [5.74, 6) is 2.93. The largest absolute Gasteiger partial charge is 0.389 e. The van der Waals surface area contributed by atoms with Crippen molar-refractivity contribution in [3.05, 3.63) is 0 Å². The van der Waals surface area contributed by atoms with Gasteiger partial charge in [-0.15, -0.1) is 12.3 Å². The summed E-state index contributed by atoms with van der Waals surface area (Å²) >= 11 is 0. The number of nitrogens with zero attached hydrogens (tertiary/aromatic N) is 1. The van der Waals surface area contributed by atoms with Crippen LogP contribution in [0, 0.1) is 18.3 Å². The lowest BCUT2D eigenvalue weighted by Crippen LogP contribution is -2.54. The lowest BCUT2D eigenvalue weighted by Gasteiger charge is -2.47. The third-order valence-corrected chi connectivity index (χ3v) is 4.26. The number of terminal acetylenes is 1. The zero-order chi connectivity index (χ0) is 12.3. The molecule has 0 aromatic carbocycles. The zero-order valence-corrected chi connectivity index (χ0v) is 10.3. The topological polar surface area (TPSA) is 40.5 Å². The second-order valence-corrected chi connectivity index (χ2v) is 5.34. The van der Waals surface area contributed by atoms with Gasteiger partial charge in [-0.1, -0.05) is 12.8 Å². The smallest absolute Gasteiger partial charge is 0.223 e. The predicted molar refractivity (Wildman–Crippen MR) is 66.2 cm³/mol. The van der Waals surface area contributed by atoms with Crippen molar-refractivity contribution in [2.75, 3.05) is 13.1 Å². The van der Waals surface area contributed by atoms with Gasteiger partial charge in [0.1, 0.15) is 0 Å². The Labute approximate surface area is 103 Å². The first-order valence-electron chi connectivity index (χ1n) is 6.59. The molecule has 17 heavy (non-hydrogen) atoms. The van der Waals surface area contributed by atoms with Gasteiger partial charge in [0, 0.05) is 31.8 Å². The van der Waals surface area contributed by atoms with Crippen molar-refractivity contribution in [1.29, 1.82) is 0 Å². The summed E-state index contributed by atoms with van der Waals surface area (Å²) in [6.07, 6.45) is 11.1. The molecule has 0 bridgehead atoms. The normalized spacial score (nSPS) is 32.7. The van der Waals surface area contributed by atoms with Crippen LogP contribution in [-0.4, -0.2) is 34.6 Å². The second-order valence-electron chi connectivity index (χ2n) is 5.34. The Kier molecular flexibility index (Phi) is 3.73. The summed E-state index contributed by atoms with van der Waals surface area (Å²) in [6.45, 7) is 1.41. The number of hydrogen-bond donors (Lipinski definition) is 1. The van der Waals surface area contributed by atoms with Gasteiger partial charge >= 0.3 is 0 Å². The Morgan fingerprint density at radius 1 is 1.47 bits per heavy atom. The molecule has 2 unspecified atom stereocenters. The van der Waals surface area contributed by atoms with Crippen LogP contribution in [0.1, 0.15) is 44.9 Å². The van der Waals surface area contributed by atoms with E-state index in [0.717, 1.165) is 32.2 Å². The fourth-order valence-corrected chi connectivity index (χ4v) is 3.13. The summed E-state index contributed by atoms with van der Waals surface area (Å²) < 4.78 is 0. The number of hydrogen-bond acceptors (Lipinski definition) is 2. The quantitative estimate of drug-likeness (QED) is 0.738. The minimum atomic E-state index is -0.499. The SMILES string of the molecule is C#CCCC(=O)N1CCC2(O)CCCCC2C1. The number of carbonyl (C=O) groups is 1. The third kappa shape index (κ3) is 2.63. The van der Waals surface area contributed by atoms with Gasteiger partial charge in [0.15, 0.2) is 0 Å². The molecule has 1 heterocycles. The van der Waals surface area contributed by atoms with E-state index in [1.54, 1.807) is 0 Å². The number of fused-ring (bicyclic) bond motifs is 1. The minimum Gasteiger partial charge on any atom is -0.389 e. The number of likely N-dealkylation sites (tertiary alicyclic amines) is 1. The van der Waals surface area contributed by atoms with Gasteiger partial charge in [-0.05, 0) is 19.3 Å². The molecular formula is C14H21NO2. The van der Waals surface area contributed by atoms with Crippen LogP contribution in [0.4, 0.5) is 0 Å². The minimum absolute atomic E-state index is 0.149. The summed E-state index contributed by atoms with van der Waals surface area (Å²) in [4.78, 5) is 13.8. The van der Waals surface area contributed by atoms with Crippen LogP contribution in [0.5, 0.6) is 0 Å². The van der Waals surface area contributed by atoms with Gasteiger partial charge in [0.05, 0.1) is 5.60 Å². The molecule has 2 aliphatic rings. The van der Waals surface area contributed by atoms with Crippen LogP contribution in [0.15, 0.2) is 0 Å². The maximum Gasteiger partial charge on any atom is 0.223 e. The first-order chi connectivity index (χ1) is 8.15. The highest BCUT2D eigenvalue weighted by molar-refractivity contribution is 5.76. The average molecular weight is 235 g/mol. The molecule has 1 saturated heterocycles. The third-order valence-electron chi connectivity index (χ3n) is 4.26. The van der Waals surface area contributed by atoms with E-state index in [1.165, 1.54) is 6.42 Å². The fourth-order valence-electron chi connectivity index (χ4n) is 3.13. The fraction of sp³-hybridized carbons (Fsp3) is 0.786. The lowest BCUT2D eigenvalue weighted by molar-refractivity contribution is -0.143. The zero-order valence-electron chi connectivity index (χ0n) is 10.3. The van der Waals surface area contributed by atoms with Crippen LogP contribution in [0.25, 0.3) is 0 Å². The molecule has 0 spiro atoms. The molecule has 0 radical (unpaired) electrons. The molecule has 2 atom stereocenters. The maximum atomic E-state index is 11.9. The van der Waals surface area contributed by atoms with E-state index in [4.69, 9.17) is 6.42 Å². The van der Waals surface area contributed by atoms with Crippen LogP contribution < -0.4 is 0 Å². The Hall–Kier alpha value is -1.01. The summed E-state index contributed by atoms with van der Waals surface area (Å²) in [6, 6.07) is 0. The van der Waals surface area contributed by atoms with Crippen molar-refractivity contribution in [1.82, 2.24) is 4.90 Å². The van der Waals surface area contributed by atoms with Crippen LogP contribution in [-0.2, 0) is 4.79 Å². The number of rotatable bonds is 2. The molecule has 1 N–H and O–H groups in total. The van der Waals surface area contributed by atoms with Gasteiger partial charge in [-0.25, -0.2) is 0 Å². The Morgan fingerprint density at radius 2 is 2.29 bits per heavy atom. The summed E-state index contributed by atoms with van der Waals surface area (Å²) in [5, 5.41) is 10.5. The van der Waals surface area contributed by atoms with Crippen LogP contribution in [0.2, 0.25) is 0 Å². The van der Waals surface area contributed by atoms with Gasteiger partial charge in [-0.2, -0.15) is 0 Å². The second kappa shape index (κ2) is 5.10. The average Bonchev–Trinajstić information content (AvgIpc) is 2.34. The molecule has 3 nitrogen and oxygen atoms in total. The van der Waals surface area contributed by atoms with Crippen LogP contribution in [0.3, 0.4) is 0 Å². The molecule has 3 heteroatoms. The first kappa shape index (κ1) is 12.4. The highest BCUT2D eigenvalue weighted by Crippen LogP contribution is 2.39. The number of carbonyl (C=O) groups excluding carboxylic acids is 1. The van der Waals surface area contributed by atoms with Crippen molar-refractivity contribution in [3.63, 3.8) is 0 Å². The summed E-state index contributed by atoms with van der Waals surface area (Å²) in [7, 11) is 0. The highest BCUT2D eigenvalue weighted by atomic mass is 16.3. The molecule has 94 valence electrons. The van der Waals surface area contributed by atoms with Crippen LogP contribution >= 0.6 is 0 Å². The maximum absolute atomic E-state index is 11.9. The molecule has 2 rings (SSSR count). The molecule has 0 aromatic heterocycles. The molecule has 1 aliphatic heterocycles. The molecular weight excluding hydrogens is 214 g/mol. The lowest BCUT2D eigenvalue weighted by atomic mass is 9.71. The monoisotopic (exact) mass is 235 g/mol. The van der Waals surface area contributed by atoms with E-state index in [0.29, 0.717) is 19.4 Å². The van der Waals surface area contributed by atoms with Gasteiger partial charge in [0.2, 0.25) is 5.91 Å². The Bertz CT molecular complexity index is 334.